The van der Waals surface area contributed by atoms with Gasteiger partial charge in [-0.1, -0.05) is 30.3 Å². The van der Waals surface area contributed by atoms with Gasteiger partial charge in [-0.25, -0.2) is 0 Å². The molecule has 1 amide bonds. The molecule has 2 aromatic carbocycles. The number of rotatable bonds is 5. The molecule has 1 aliphatic carbocycles. The van der Waals surface area contributed by atoms with Crippen LogP contribution in [0.3, 0.4) is 0 Å². The Morgan fingerprint density at radius 1 is 1.19 bits per heavy atom. The lowest BCUT2D eigenvalue weighted by molar-refractivity contribution is -0.138. The van der Waals surface area contributed by atoms with Gasteiger partial charge in [0.1, 0.15) is 6.61 Å². The first-order chi connectivity index (χ1) is 12.8. The topological polar surface area (TPSA) is 48.0 Å². The van der Waals surface area contributed by atoms with Crippen molar-refractivity contribution in [1.82, 2.24) is 4.90 Å². The Hall–Kier alpha value is -2.53. The predicted molar refractivity (Wildman–Crippen MR) is 97.1 cm³/mol. The van der Waals surface area contributed by atoms with E-state index in [0.29, 0.717) is 6.54 Å². The number of carbonyl (C=O) groups excluding carboxylic acids is 1. The zero-order valence-electron chi connectivity index (χ0n) is 14.9. The molecule has 0 bridgehead atoms. The normalized spacial score (nSPS) is 17.7. The van der Waals surface area contributed by atoms with Crippen molar-refractivity contribution < 1.29 is 19.0 Å². The average molecular weight is 353 g/mol. The number of hydrogen-bond acceptors (Lipinski definition) is 4. The molecule has 0 unspecified atom stereocenters. The largest absolute Gasteiger partial charge is 0.454 e. The third kappa shape index (κ3) is 3.27. The zero-order chi connectivity index (χ0) is 17.9. The van der Waals surface area contributed by atoms with Crippen LogP contribution in [0, 0.1) is 0 Å². The summed E-state index contributed by atoms with van der Waals surface area (Å²) < 4.78 is 16.0. The van der Waals surface area contributed by atoms with Crippen LogP contribution in [0.5, 0.6) is 11.5 Å². The van der Waals surface area contributed by atoms with Gasteiger partial charge in [0.15, 0.2) is 11.5 Å². The molecule has 0 saturated heterocycles. The minimum atomic E-state index is 0.00636. The summed E-state index contributed by atoms with van der Waals surface area (Å²) in [5.74, 6) is 1.50. The molecule has 0 spiro atoms. The van der Waals surface area contributed by atoms with Crippen molar-refractivity contribution in [3.05, 3.63) is 59.2 Å². The fraction of sp³-hybridized carbons (Fsp3) is 0.381. The van der Waals surface area contributed by atoms with Crippen molar-refractivity contribution in [1.29, 1.82) is 0 Å². The molecule has 0 N–H and O–H groups in total. The monoisotopic (exact) mass is 353 g/mol. The van der Waals surface area contributed by atoms with Gasteiger partial charge in [-0.05, 0) is 48.1 Å². The zero-order valence-corrected chi connectivity index (χ0v) is 14.9. The van der Waals surface area contributed by atoms with E-state index in [4.69, 9.17) is 14.2 Å². The maximum absolute atomic E-state index is 12.8. The van der Waals surface area contributed by atoms with Crippen LogP contribution in [0.2, 0.25) is 0 Å². The Morgan fingerprint density at radius 3 is 2.92 bits per heavy atom. The molecule has 5 heteroatoms. The first-order valence-electron chi connectivity index (χ1n) is 9.01. The molecule has 1 atom stereocenters. The maximum atomic E-state index is 12.8. The average Bonchev–Trinajstić information content (AvgIpc) is 3.14. The molecule has 136 valence electrons. The Balaban J connectivity index is 1.64. The van der Waals surface area contributed by atoms with Crippen LogP contribution in [-0.2, 0) is 22.5 Å². The minimum Gasteiger partial charge on any atom is -0.454 e. The molecule has 1 aliphatic heterocycles. The van der Waals surface area contributed by atoms with Gasteiger partial charge in [0.25, 0.3) is 0 Å². The van der Waals surface area contributed by atoms with Gasteiger partial charge >= 0.3 is 0 Å². The summed E-state index contributed by atoms with van der Waals surface area (Å²) in [6, 6.07) is 14.4. The van der Waals surface area contributed by atoms with Gasteiger partial charge in [0, 0.05) is 13.7 Å². The van der Waals surface area contributed by atoms with Crippen LogP contribution < -0.4 is 9.47 Å². The number of carbonyl (C=O) groups is 1. The number of methoxy groups -OCH3 is 1. The maximum Gasteiger partial charge on any atom is 0.249 e. The van der Waals surface area contributed by atoms with E-state index in [1.54, 1.807) is 7.11 Å². The Kier molecular flexibility index (Phi) is 4.80. The van der Waals surface area contributed by atoms with Crippen LogP contribution in [0.25, 0.3) is 0 Å². The number of fused-ring (bicyclic) bond motifs is 2. The molecule has 5 nitrogen and oxygen atoms in total. The Morgan fingerprint density at radius 2 is 2.04 bits per heavy atom. The van der Waals surface area contributed by atoms with Crippen molar-refractivity contribution >= 4 is 5.91 Å². The fourth-order valence-corrected chi connectivity index (χ4v) is 3.87. The number of benzene rings is 2. The van der Waals surface area contributed by atoms with E-state index in [1.165, 1.54) is 11.1 Å². The van der Waals surface area contributed by atoms with Gasteiger partial charge < -0.3 is 19.1 Å². The van der Waals surface area contributed by atoms with Crippen LogP contribution in [0.15, 0.2) is 42.5 Å². The van der Waals surface area contributed by atoms with Crippen molar-refractivity contribution in [3.63, 3.8) is 0 Å². The van der Waals surface area contributed by atoms with E-state index < -0.39 is 0 Å². The summed E-state index contributed by atoms with van der Waals surface area (Å²) >= 11 is 0. The quantitative estimate of drug-likeness (QED) is 0.826. The highest BCUT2D eigenvalue weighted by Gasteiger charge is 2.29. The second kappa shape index (κ2) is 7.38. The van der Waals surface area contributed by atoms with Gasteiger partial charge in [0.05, 0.1) is 6.04 Å². The summed E-state index contributed by atoms with van der Waals surface area (Å²) in [7, 11) is 1.56. The van der Waals surface area contributed by atoms with Crippen LogP contribution in [0.1, 0.15) is 35.6 Å². The summed E-state index contributed by atoms with van der Waals surface area (Å²) in [4.78, 5) is 14.8. The highest BCUT2D eigenvalue weighted by atomic mass is 16.7. The molecule has 0 radical (unpaired) electrons. The molecule has 1 heterocycles. The van der Waals surface area contributed by atoms with E-state index in [9.17, 15) is 4.79 Å². The molecule has 26 heavy (non-hydrogen) atoms. The van der Waals surface area contributed by atoms with E-state index in [0.717, 1.165) is 36.3 Å². The third-order valence-electron chi connectivity index (χ3n) is 5.09. The minimum absolute atomic E-state index is 0.00636. The smallest absolute Gasteiger partial charge is 0.249 e. The van der Waals surface area contributed by atoms with Crippen molar-refractivity contribution in [2.45, 2.75) is 31.8 Å². The third-order valence-corrected chi connectivity index (χ3v) is 5.09. The second-order valence-electron chi connectivity index (χ2n) is 6.75. The molecule has 0 saturated carbocycles. The lowest BCUT2D eigenvalue weighted by Gasteiger charge is -2.36. The summed E-state index contributed by atoms with van der Waals surface area (Å²) in [5, 5.41) is 0. The summed E-state index contributed by atoms with van der Waals surface area (Å²) in [5.41, 5.74) is 3.62. The summed E-state index contributed by atoms with van der Waals surface area (Å²) in [6.45, 7) is 0.863. The Bertz CT molecular complexity index is 804. The van der Waals surface area contributed by atoms with Gasteiger partial charge in [-0.2, -0.15) is 0 Å². The van der Waals surface area contributed by atoms with Crippen molar-refractivity contribution in [3.8, 4) is 11.5 Å². The van der Waals surface area contributed by atoms with Crippen molar-refractivity contribution in [2.75, 3.05) is 20.5 Å². The fourth-order valence-electron chi connectivity index (χ4n) is 3.87. The molecule has 4 rings (SSSR count). The highest BCUT2D eigenvalue weighted by Crippen LogP contribution is 2.37. The lowest BCUT2D eigenvalue weighted by Crippen LogP contribution is -2.38. The summed E-state index contributed by atoms with van der Waals surface area (Å²) in [6.07, 6.45) is 3.12. The molecule has 2 aromatic rings. The second-order valence-corrected chi connectivity index (χ2v) is 6.75. The first kappa shape index (κ1) is 16.9. The van der Waals surface area contributed by atoms with E-state index in [1.807, 2.05) is 23.1 Å². The molecule has 0 aromatic heterocycles. The van der Waals surface area contributed by atoms with Gasteiger partial charge in [0.2, 0.25) is 12.7 Å². The molecular weight excluding hydrogens is 330 g/mol. The SMILES string of the molecule is COCC(=O)N(Cc1ccc2c(c1)OCO2)[C@@H]1CCCc2ccccc21. The van der Waals surface area contributed by atoms with Crippen LogP contribution in [0.4, 0.5) is 0 Å². The van der Waals surface area contributed by atoms with E-state index >= 15 is 0 Å². The van der Waals surface area contributed by atoms with Crippen LogP contribution >= 0.6 is 0 Å². The lowest BCUT2D eigenvalue weighted by atomic mass is 9.86. The molecule has 0 fully saturated rings. The number of amides is 1. The van der Waals surface area contributed by atoms with Gasteiger partial charge in [-0.3, -0.25) is 4.79 Å². The number of ether oxygens (including phenoxy) is 3. The molecular formula is C21H23NO4. The first-order valence-corrected chi connectivity index (χ1v) is 9.01. The molecule has 2 aliphatic rings. The number of nitrogens with zero attached hydrogens (tertiary/aromatic N) is 1. The standard InChI is InChI=1S/C21H23NO4/c1-24-13-21(23)22(12-15-9-10-19-20(11-15)26-14-25-19)18-8-4-6-16-5-2-3-7-17(16)18/h2-3,5,7,9-11,18H,4,6,8,12-14H2,1H3/t18-/m1/s1. The van der Waals surface area contributed by atoms with Gasteiger partial charge in [-0.15, -0.1) is 0 Å². The number of aryl methyl sites for hydroxylation is 1. The van der Waals surface area contributed by atoms with Crippen molar-refractivity contribution in [2.24, 2.45) is 0 Å². The van der Waals surface area contributed by atoms with E-state index in [2.05, 4.69) is 24.3 Å². The Labute approximate surface area is 153 Å². The van der Waals surface area contributed by atoms with Crippen LogP contribution in [-0.4, -0.2) is 31.3 Å². The predicted octanol–water partition coefficient (Wildman–Crippen LogP) is 3.47. The number of hydrogen-bond donors (Lipinski definition) is 0. The highest BCUT2D eigenvalue weighted by molar-refractivity contribution is 5.78. The van der Waals surface area contributed by atoms with E-state index in [-0.39, 0.29) is 25.3 Å².